The van der Waals surface area contributed by atoms with Crippen molar-refractivity contribution < 1.29 is 0 Å². The van der Waals surface area contributed by atoms with Gasteiger partial charge in [-0.2, -0.15) is 0 Å². The second kappa shape index (κ2) is 11.9. The zero-order chi connectivity index (χ0) is 19.5. The van der Waals surface area contributed by atoms with Gasteiger partial charge in [0.1, 0.15) is 0 Å². The molecule has 1 aliphatic heterocycles. The Morgan fingerprint density at radius 2 is 1.81 bits per heavy atom. The molecule has 26 heavy (non-hydrogen) atoms. The molecule has 1 rings (SSSR count). The van der Waals surface area contributed by atoms with Crippen LogP contribution in [-0.4, -0.2) is 28.9 Å². The van der Waals surface area contributed by atoms with E-state index in [0.29, 0.717) is 6.04 Å². The molecule has 0 bridgehead atoms. The first-order valence-electron chi connectivity index (χ1n) is 10.5. The summed E-state index contributed by atoms with van der Waals surface area (Å²) in [7, 11) is 0. The third kappa shape index (κ3) is 6.59. The molecule has 0 saturated heterocycles. The molecule has 0 aromatic heterocycles. The average molecular weight is 360 g/mol. The maximum absolute atomic E-state index is 6.62. The summed E-state index contributed by atoms with van der Waals surface area (Å²) in [5, 5.41) is 0. The molecule has 0 fully saturated rings. The summed E-state index contributed by atoms with van der Waals surface area (Å²) in [5.74, 6) is 0.791. The molecule has 0 aromatic carbocycles. The van der Waals surface area contributed by atoms with Gasteiger partial charge in [-0.05, 0) is 50.7 Å². The van der Waals surface area contributed by atoms with Gasteiger partial charge >= 0.3 is 0 Å². The van der Waals surface area contributed by atoms with Crippen LogP contribution in [0.25, 0.3) is 0 Å². The topological polar surface area (TPSA) is 32.5 Å². The quantitative estimate of drug-likeness (QED) is 0.479. The highest BCUT2D eigenvalue weighted by Gasteiger charge is 2.19. The van der Waals surface area contributed by atoms with Gasteiger partial charge in [-0.25, -0.2) is 0 Å². The number of nitrogens with zero attached hydrogens (tertiary/aromatic N) is 2. The molecular weight excluding hydrogens is 318 g/mol. The number of allylic oxidation sites excluding steroid dienone is 3. The average Bonchev–Trinajstić information content (AvgIpc) is 2.68. The molecule has 148 valence electrons. The van der Waals surface area contributed by atoms with E-state index in [-0.39, 0.29) is 0 Å². The summed E-state index contributed by atoms with van der Waals surface area (Å²) in [6, 6.07) is 0.423. The molecule has 2 atom stereocenters. The monoisotopic (exact) mass is 359 g/mol. The molecule has 3 nitrogen and oxygen atoms in total. The molecule has 0 radical (unpaired) electrons. The minimum absolute atomic E-state index is 0.423. The lowest BCUT2D eigenvalue weighted by atomic mass is 10.0. The zero-order valence-electron chi connectivity index (χ0n) is 17.8. The van der Waals surface area contributed by atoms with Crippen LogP contribution in [0.2, 0.25) is 0 Å². The van der Waals surface area contributed by atoms with E-state index in [9.17, 15) is 0 Å². The number of hydrogen-bond donors (Lipinski definition) is 1. The highest BCUT2D eigenvalue weighted by Crippen LogP contribution is 2.24. The van der Waals surface area contributed by atoms with E-state index in [2.05, 4.69) is 75.4 Å². The van der Waals surface area contributed by atoms with Crippen LogP contribution in [0, 0.1) is 5.92 Å². The van der Waals surface area contributed by atoms with Crippen LogP contribution in [-0.2, 0) is 0 Å². The van der Waals surface area contributed by atoms with Crippen LogP contribution in [0.1, 0.15) is 73.1 Å². The third-order valence-electron chi connectivity index (χ3n) is 5.53. The second-order valence-corrected chi connectivity index (χ2v) is 7.61. The molecular formula is C23H41N3. The molecule has 1 heterocycles. The van der Waals surface area contributed by atoms with Crippen molar-refractivity contribution in [1.29, 1.82) is 0 Å². The summed E-state index contributed by atoms with van der Waals surface area (Å²) in [6.45, 7) is 17.7. The SMILES string of the molecule is C=C(/C(N)=C1/C=CC=CN1C(C)CC)N(CCCC)CCCC(C)CC. The Morgan fingerprint density at radius 1 is 1.12 bits per heavy atom. The van der Waals surface area contributed by atoms with Crippen molar-refractivity contribution >= 4 is 0 Å². The predicted octanol–water partition coefficient (Wildman–Crippen LogP) is 5.78. The van der Waals surface area contributed by atoms with Crippen LogP contribution in [0.4, 0.5) is 0 Å². The summed E-state index contributed by atoms with van der Waals surface area (Å²) >= 11 is 0. The van der Waals surface area contributed by atoms with Crippen molar-refractivity contribution in [2.75, 3.05) is 13.1 Å². The Morgan fingerprint density at radius 3 is 2.42 bits per heavy atom. The van der Waals surface area contributed by atoms with Crippen molar-refractivity contribution in [2.45, 2.75) is 79.2 Å². The highest BCUT2D eigenvalue weighted by atomic mass is 15.2. The van der Waals surface area contributed by atoms with Gasteiger partial charge in [0, 0.05) is 25.3 Å². The van der Waals surface area contributed by atoms with Crippen molar-refractivity contribution in [3.05, 3.63) is 48.1 Å². The standard InChI is InChI=1S/C23H41N3/c1-7-10-16-25(17-13-14-19(4)8-2)21(6)23(24)22-15-11-12-18-26(22)20(5)9-3/h11-12,15,18-20H,6-10,13-14,16-17,24H2,1-5H3/b23-22+. The summed E-state index contributed by atoms with van der Waals surface area (Å²) in [6.07, 6.45) is 15.5. The van der Waals surface area contributed by atoms with Gasteiger partial charge in [0.15, 0.2) is 0 Å². The van der Waals surface area contributed by atoms with E-state index in [1.807, 2.05) is 0 Å². The van der Waals surface area contributed by atoms with Crippen LogP contribution in [0.5, 0.6) is 0 Å². The van der Waals surface area contributed by atoms with E-state index in [1.54, 1.807) is 0 Å². The Kier molecular flexibility index (Phi) is 10.2. The van der Waals surface area contributed by atoms with E-state index in [1.165, 1.54) is 32.1 Å². The first kappa shape index (κ1) is 22.4. The molecule has 2 unspecified atom stereocenters. The molecule has 0 aliphatic carbocycles. The Balaban J connectivity index is 2.92. The van der Waals surface area contributed by atoms with E-state index in [4.69, 9.17) is 5.73 Å². The second-order valence-electron chi connectivity index (χ2n) is 7.61. The first-order valence-corrected chi connectivity index (χ1v) is 10.5. The number of nitrogens with two attached hydrogens (primary N) is 1. The van der Waals surface area contributed by atoms with Gasteiger partial charge in [0.05, 0.1) is 17.1 Å². The first-order chi connectivity index (χ1) is 12.5. The van der Waals surface area contributed by atoms with Crippen molar-refractivity contribution in [3.8, 4) is 0 Å². The lowest BCUT2D eigenvalue weighted by molar-refractivity contribution is 0.316. The summed E-state index contributed by atoms with van der Waals surface area (Å²) in [5.41, 5.74) is 9.48. The van der Waals surface area contributed by atoms with Gasteiger partial charge in [-0.15, -0.1) is 0 Å². The van der Waals surface area contributed by atoms with Gasteiger partial charge in [-0.3, -0.25) is 0 Å². The van der Waals surface area contributed by atoms with Crippen LogP contribution in [0.15, 0.2) is 48.1 Å². The molecule has 0 aromatic rings. The lowest BCUT2D eigenvalue weighted by Crippen LogP contribution is -2.33. The van der Waals surface area contributed by atoms with Crippen LogP contribution in [0.3, 0.4) is 0 Å². The minimum atomic E-state index is 0.423. The molecule has 2 N–H and O–H groups in total. The minimum Gasteiger partial charge on any atom is -0.395 e. The molecule has 1 aliphatic rings. The maximum atomic E-state index is 6.62. The van der Waals surface area contributed by atoms with Gasteiger partial charge in [0.25, 0.3) is 0 Å². The van der Waals surface area contributed by atoms with Crippen LogP contribution >= 0.6 is 0 Å². The van der Waals surface area contributed by atoms with Crippen molar-refractivity contribution in [3.63, 3.8) is 0 Å². The van der Waals surface area contributed by atoms with Gasteiger partial charge in [-0.1, -0.05) is 53.2 Å². The summed E-state index contributed by atoms with van der Waals surface area (Å²) in [4.78, 5) is 4.67. The third-order valence-corrected chi connectivity index (χ3v) is 5.53. The smallest absolute Gasteiger partial charge is 0.0786 e. The van der Waals surface area contributed by atoms with Gasteiger partial charge in [0.2, 0.25) is 0 Å². The maximum Gasteiger partial charge on any atom is 0.0786 e. The molecule has 0 amide bonds. The Bertz CT molecular complexity index is 516. The van der Waals surface area contributed by atoms with Crippen molar-refractivity contribution in [1.82, 2.24) is 9.80 Å². The molecule has 0 saturated carbocycles. The fraction of sp³-hybridized carbons (Fsp3) is 0.652. The largest absolute Gasteiger partial charge is 0.395 e. The van der Waals surface area contributed by atoms with E-state index < -0.39 is 0 Å². The lowest BCUT2D eigenvalue weighted by Gasteiger charge is -2.34. The summed E-state index contributed by atoms with van der Waals surface area (Å²) < 4.78 is 0. The fourth-order valence-electron chi connectivity index (χ4n) is 3.15. The fourth-order valence-corrected chi connectivity index (χ4v) is 3.15. The number of rotatable bonds is 12. The molecule has 0 spiro atoms. The van der Waals surface area contributed by atoms with Gasteiger partial charge < -0.3 is 15.5 Å². The Labute approximate surface area is 162 Å². The Hall–Kier alpha value is -1.64. The van der Waals surface area contributed by atoms with E-state index in [0.717, 1.165) is 42.5 Å². The van der Waals surface area contributed by atoms with Crippen LogP contribution < -0.4 is 5.73 Å². The number of hydrogen-bond acceptors (Lipinski definition) is 3. The normalized spacial score (nSPS) is 18.0. The van der Waals surface area contributed by atoms with E-state index >= 15 is 0 Å². The number of unbranched alkanes of at least 4 members (excludes halogenated alkanes) is 1. The highest BCUT2D eigenvalue weighted by molar-refractivity contribution is 5.39. The zero-order valence-corrected chi connectivity index (χ0v) is 17.8. The van der Waals surface area contributed by atoms with Crippen molar-refractivity contribution in [2.24, 2.45) is 11.7 Å². The molecule has 3 heteroatoms. The predicted molar refractivity (Wildman–Crippen MR) is 115 cm³/mol.